The number of benzene rings is 2. The number of hydrogen-bond acceptors (Lipinski definition) is 3. The second kappa shape index (κ2) is 9.76. The van der Waals surface area contributed by atoms with Crippen LogP contribution in [0.25, 0.3) is 0 Å². The van der Waals surface area contributed by atoms with Crippen molar-refractivity contribution in [3.05, 3.63) is 58.7 Å². The minimum absolute atomic E-state index is 0.0407. The van der Waals surface area contributed by atoms with Crippen molar-refractivity contribution in [2.45, 2.75) is 39.7 Å². The van der Waals surface area contributed by atoms with Crippen LogP contribution in [0.5, 0.6) is 5.75 Å². The zero-order valence-corrected chi connectivity index (χ0v) is 18.3. The number of methoxy groups -OCH3 is 1. The molecule has 0 atom stereocenters. The van der Waals surface area contributed by atoms with Gasteiger partial charge in [0.2, 0.25) is 0 Å². The highest BCUT2D eigenvalue weighted by Gasteiger charge is 2.25. The van der Waals surface area contributed by atoms with Gasteiger partial charge < -0.3 is 20.3 Å². The molecule has 2 aromatic carbocycles. The molecule has 6 heteroatoms. The van der Waals surface area contributed by atoms with Crippen molar-refractivity contribution in [1.82, 2.24) is 5.32 Å². The van der Waals surface area contributed by atoms with Gasteiger partial charge in [-0.3, -0.25) is 9.59 Å². The van der Waals surface area contributed by atoms with Crippen molar-refractivity contribution in [3.8, 4) is 5.75 Å². The lowest BCUT2D eigenvalue weighted by Gasteiger charge is -2.29. The highest BCUT2D eigenvalue weighted by Crippen LogP contribution is 2.21. The lowest BCUT2D eigenvalue weighted by atomic mass is 10.0. The second-order valence-corrected chi connectivity index (χ2v) is 8.23. The number of rotatable bonds is 6. The molecular formula is C24H32N3O3+. The number of likely N-dealkylation sites (tertiary alicyclic amines) is 1. The molecule has 0 aromatic heterocycles. The molecule has 0 saturated carbocycles. The predicted octanol–water partition coefficient (Wildman–Crippen LogP) is 2.04. The van der Waals surface area contributed by atoms with Gasteiger partial charge in [-0.05, 0) is 50.1 Å². The summed E-state index contributed by atoms with van der Waals surface area (Å²) in [5, 5.41) is 6.20. The number of piperidine rings is 1. The third-order valence-corrected chi connectivity index (χ3v) is 5.71. The summed E-state index contributed by atoms with van der Waals surface area (Å²) in [4.78, 5) is 26.3. The molecule has 1 heterocycles. The molecule has 1 saturated heterocycles. The van der Waals surface area contributed by atoms with Gasteiger partial charge in [-0.25, -0.2) is 0 Å². The molecule has 0 bridgehead atoms. The smallest absolute Gasteiger partial charge is 0.279 e. The lowest BCUT2D eigenvalue weighted by Crippen LogP contribution is -3.14. The Kier molecular flexibility index (Phi) is 7.11. The Morgan fingerprint density at radius 2 is 1.73 bits per heavy atom. The molecular weight excluding hydrogens is 378 g/mol. The summed E-state index contributed by atoms with van der Waals surface area (Å²) in [6.45, 7) is 8.29. The van der Waals surface area contributed by atoms with E-state index in [9.17, 15) is 9.59 Å². The van der Waals surface area contributed by atoms with E-state index >= 15 is 0 Å². The van der Waals surface area contributed by atoms with Crippen LogP contribution in [0.2, 0.25) is 0 Å². The van der Waals surface area contributed by atoms with Crippen molar-refractivity contribution in [1.29, 1.82) is 0 Å². The van der Waals surface area contributed by atoms with E-state index in [0.29, 0.717) is 17.9 Å². The average Bonchev–Trinajstić information content (AvgIpc) is 2.72. The predicted molar refractivity (Wildman–Crippen MR) is 118 cm³/mol. The largest absolute Gasteiger partial charge is 0.497 e. The minimum Gasteiger partial charge on any atom is -0.497 e. The SMILES string of the molecule is COc1cccc(C(=O)NC2CC[NH+](CC(=O)Nc3c(C)cc(C)cc3C)CC2)c1. The third-order valence-electron chi connectivity index (χ3n) is 5.71. The number of anilines is 1. The lowest BCUT2D eigenvalue weighted by molar-refractivity contribution is -0.897. The number of nitrogens with one attached hydrogen (secondary N) is 3. The Hall–Kier alpha value is -2.86. The number of carbonyl (C=O) groups is 2. The third kappa shape index (κ3) is 5.60. The number of hydrogen-bond donors (Lipinski definition) is 3. The first kappa shape index (κ1) is 21.8. The Labute approximate surface area is 178 Å². The summed E-state index contributed by atoms with van der Waals surface area (Å²) >= 11 is 0. The summed E-state index contributed by atoms with van der Waals surface area (Å²) in [6, 6.07) is 11.5. The fourth-order valence-corrected chi connectivity index (χ4v) is 4.17. The van der Waals surface area contributed by atoms with Crippen LogP contribution < -0.4 is 20.3 Å². The van der Waals surface area contributed by atoms with Crippen LogP contribution >= 0.6 is 0 Å². The van der Waals surface area contributed by atoms with Crippen LogP contribution in [0.3, 0.4) is 0 Å². The van der Waals surface area contributed by atoms with E-state index in [1.54, 1.807) is 19.2 Å². The summed E-state index contributed by atoms with van der Waals surface area (Å²) in [5.41, 5.74) is 4.91. The summed E-state index contributed by atoms with van der Waals surface area (Å²) in [7, 11) is 1.59. The van der Waals surface area contributed by atoms with Crippen LogP contribution in [-0.2, 0) is 4.79 Å². The number of carbonyl (C=O) groups excluding carboxylic acids is 2. The monoisotopic (exact) mass is 410 g/mol. The summed E-state index contributed by atoms with van der Waals surface area (Å²) < 4.78 is 5.19. The van der Waals surface area contributed by atoms with E-state index in [0.717, 1.165) is 42.7 Å². The molecule has 0 radical (unpaired) electrons. The fourth-order valence-electron chi connectivity index (χ4n) is 4.17. The normalized spacial score (nSPS) is 18.5. The van der Waals surface area contributed by atoms with Crippen LogP contribution in [-0.4, -0.2) is 44.6 Å². The molecule has 3 rings (SSSR count). The average molecular weight is 411 g/mol. The highest BCUT2D eigenvalue weighted by molar-refractivity contribution is 5.95. The van der Waals surface area contributed by atoms with Crippen molar-refractivity contribution in [2.75, 3.05) is 32.1 Å². The highest BCUT2D eigenvalue weighted by atomic mass is 16.5. The quantitative estimate of drug-likeness (QED) is 0.683. The molecule has 6 nitrogen and oxygen atoms in total. The van der Waals surface area contributed by atoms with Gasteiger partial charge in [0.05, 0.1) is 20.2 Å². The second-order valence-electron chi connectivity index (χ2n) is 8.23. The van der Waals surface area contributed by atoms with E-state index in [1.165, 1.54) is 10.5 Å². The molecule has 0 unspecified atom stereocenters. The topological polar surface area (TPSA) is 71.9 Å². The zero-order valence-electron chi connectivity index (χ0n) is 18.3. The van der Waals surface area contributed by atoms with E-state index in [2.05, 4.69) is 29.7 Å². The van der Waals surface area contributed by atoms with Crippen molar-refractivity contribution in [2.24, 2.45) is 0 Å². The molecule has 2 amide bonds. The Balaban J connectivity index is 1.47. The molecule has 160 valence electrons. The fraction of sp³-hybridized carbons (Fsp3) is 0.417. The van der Waals surface area contributed by atoms with E-state index < -0.39 is 0 Å². The molecule has 1 fully saturated rings. The van der Waals surface area contributed by atoms with E-state index in [-0.39, 0.29) is 17.9 Å². The number of amides is 2. The van der Waals surface area contributed by atoms with Gasteiger partial charge in [0.15, 0.2) is 6.54 Å². The number of ether oxygens (including phenoxy) is 1. The van der Waals surface area contributed by atoms with Crippen molar-refractivity contribution >= 4 is 17.5 Å². The molecule has 3 N–H and O–H groups in total. The summed E-state index contributed by atoms with van der Waals surface area (Å²) in [5.74, 6) is 0.635. The molecule has 30 heavy (non-hydrogen) atoms. The zero-order chi connectivity index (χ0) is 21.7. The standard InChI is InChI=1S/C24H31N3O3/c1-16-12-17(2)23(18(3)13-16)26-22(28)15-27-10-8-20(9-11-27)25-24(29)19-6-5-7-21(14-19)30-4/h5-7,12-14,20H,8-11,15H2,1-4H3,(H,25,29)(H,26,28)/p+1. The Morgan fingerprint density at radius 1 is 1.07 bits per heavy atom. The first-order valence-electron chi connectivity index (χ1n) is 10.5. The van der Waals surface area contributed by atoms with Gasteiger partial charge in [-0.15, -0.1) is 0 Å². The van der Waals surface area contributed by atoms with E-state index in [4.69, 9.17) is 4.74 Å². The van der Waals surface area contributed by atoms with Gasteiger partial charge in [0, 0.05) is 30.1 Å². The number of aryl methyl sites for hydroxylation is 3. The van der Waals surface area contributed by atoms with Gasteiger partial charge >= 0.3 is 0 Å². The summed E-state index contributed by atoms with van der Waals surface area (Å²) in [6.07, 6.45) is 1.72. The maximum absolute atomic E-state index is 12.6. The van der Waals surface area contributed by atoms with Crippen LogP contribution in [0.15, 0.2) is 36.4 Å². The molecule has 2 aromatic rings. The van der Waals surface area contributed by atoms with Crippen LogP contribution in [0.4, 0.5) is 5.69 Å². The first-order valence-corrected chi connectivity index (χ1v) is 10.5. The molecule has 0 aliphatic carbocycles. The van der Waals surface area contributed by atoms with Gasteiger partial charge in [0.1, 0.15) is 5.75 Å². The van der Waals surface area contributed by atoms with Gasteiger partial charge in [-0.2, -0.15) is 0 Å². The Bertz CT molecular complexity index is 895. The maximum atomic E-state index is 12.6. The van der Waals surface area contributed by atoms with Crippen molar-refractivity contribution in [3.63, 3.8) is 0 Å². The molecule has 1 aliphatic rings. The van der Waals surface area contributed by atoms with Gasteiger partial charge in [0.25, 0.3) is 11.8 Å². The minimum atomic E-state index is -0.0783. The van der Waals surface area contributed by atoms with Crippen LogP contribution in [0.1, 0.15) is 39.9 Å². The first-order chi connectivity index (χ1) is 14.4. The molecule has 0 spiro atoms. The van der Waals surface area contributed by atoms with Crippen molar-refractivity contribution < 1.29 is 19.2 Å². The Morgan fingerprint density at radius 3 is 2.37 bits per heavy atom. The van der Waals surface area contributed by atoms with Gasteiger partial charge in [-0.1, -0.05) is 23.8 Å². The van der Waals surface area contributed by atoms with E-state index in [1.807, 2.05) is 26.0 Å². The molecule has 1 aliphatic heterocycles. The maximum Gasteiger partial charge on any atom is 0.279 e. The number of quaternary nitrogens is 1. The van der Waals surface area contributed by atoms with Crippen LogP contribution in [0, 0.1) is 20.8 Å².